The molecule has 0 aliphatic rings. The predicted octanol–water partition coefficient (Wildman–Crippen LogP) is 3.05. The lowest BCUT2D eigenvalue weighted by Gasteiger charge is -2.18. The molecule has 0 aliphatic heterocycles. The first-order valence-electron chi connectivity index (χ1n) is 5.96. The van der Waals surface area contributed by atoms with Crippen LogP contribution < -0.4 is 0 Å². The number of hydrogen-bond acceptors (Lipinski definition) is 3. The van der Waals surface area contributed by atoms with Crippen molar-refractivity contribution in [2.75, 3.05) is 7.11 Å². The zero-order chi connectivity index (χ0) is 12.7. The summed E-state index contributed by atoms with van der Waals surface area (Å²) in [5.74, 6) is -0.274. The first-order valence-corrected chi connectivity index (χ1v) is 5.96. The Balaban J connectivity index is 2.46. The van der Waals surface area contributed by atoms with Gasteiger partial charge in [0.15, 0.2) is 0 Å². The van der Waals surface area contributed by atoms with Crippen LogP contribution in [0.2, 0.25) is 0 Å². The quantitative estimate of drug-likeness (QED) is 0.712. The highest BCUT2D eigenvalue weighted by atomic mass is 16.5. The molecule has 0 spiro atoms. The van der Waals surface area contributed by atoms with Crippen LogP contribution in [0.15, 0.2) is 30.3 Å². The van der Waals surface area contributed by atoms with Gasteiger partial charge in [0.05, 0.1) is 11.7 Å². The third-order valence-corrected chi connectivity index (χ3v) is 2.70. The van der Waals surface area contributed by atoms with Gasteiger partial charge in [0, 0.05) is 13.5 Å². The normalized spacial score (nSPS) is 14.1. The summed E-state index contributed by atoms with van der Waals surface area (Å²) in [5.41, 5.74) is 0.588. The molecule has 3 heteroatoms. The van der Waals surface area contributed by atoms with Crippen molar-refractivity contribution in [2.45, 2.75) is 38.9 Å². The highest BCUT2D eigenvalue weighted by Crippen LogP contribution is 2.11. The van der Waals surface area contributed by atoms with Crippen molar-refractivity contribution in [2.24, 2.45) is 0 Å². The average Bonchev–Trinajstić information content (AvgIpc) is 2.37. The van der Waals surface area contributed by atoms with Crippen molar-refractivity contribution >= 4 is 5.97 Å². The zero-order valence-corrected chi connectivity index (χ0v) is 10.7. The summed E-state index contributed by atoms with van der Waals surface area (Å²) in [6, 6.07) is 9.03. The fourth-order valence-corrected chi connectivity index (χ4v) is 1.67. The van der Waals surface area contributed by atoms with Crippen LogP contribution in [-0.2, 0) is 9.47 Å². The predicted molar refractivity (Wildman–Crippen MR) is 67.0 cm³/mol. The number of carbonyl (C=O) groups is 1. The molecule has 0 radical (unpaired) electrons. The summed E-state index contributed by atoms with van der Waals surface area (Å²) in [7, 11) is 1.68. The van der Waals surface area contributed by atoms with Gasteiger partial charge in [-0.2, -0.15) is 0 Å². The highest BCUT2D eigenvalue weighted by Gasteiger charge is 2.15. The maximum atomic E-state index is 11.8. The molecule has 0 amide bonds. The van der Waals surface area contributed by atoms with E-state index >= 15 is 0 Å². The minimum absolute atomic E-state index is 0.132. The minimum atomic E-state index is -0.274. The van der Waals surface area contributed by atoms with Gasteiger partial charge in [-0.1, -0.05) is 25.1 Å². The first-order chi connectivity index (χ1) is 8.17. The van der Waals surface area contributed by atoms with Crippen molar-refractivity contribution in [3.63, 3.8) is 0 Å². The van der Waals surface area contributed by atoms with E-state index in [4.69, 9.17) is 9.47 Å². The molecule has 3 nitrogen and oxygen atoms in total. The van der Waals surface area contributed by atoms with Gasteiger partial charge in [0.25, 0.3) is 0 Å². The summed E-state index contributed by atoms with van der Waals surface area (Å²) in [4.78, 5) is 11.8. The second kappa shape index (κ2) is 7.07. The summed E-state index contributed by atoms with van der Waals surface area (Å²) >= 11 is 0. The number of ether oxygens (including phenoxy) is 2. The monoisotopic (exact) mass is 236 g/mol. The second-order valence-corrected chi connectivity index (χ2v) is 4.08. The van der Waals surface area contributed by atoms with Gasteiger partial charge in [0.1, 0.15) is 6.10 Å². The average molecular weight is 236 g/mol. The Kier molecular flexibility index (Phi) is 5.70. The summed E-state index contributed by atoms with van der Waals surface area (Å²) < 4.78 is 10.6. The van der Waals surface area contributed by atoms with E-state index in [1.54, 1.807) is 19.2 Å². The molecule has 0 saturated carbocycles. The number of esters is 1. The fourth-order valence-electron chi connectivity index (χ4n) is 1.67. The minimum Gasteiger partial charge on any atom is -0.459 e. The van der Waals surface area contributed by atoms with E-state index in [1.807, 2.05) is 25.1 Å². The number of rotatable bonds is 6. The summed E-state index contributed by atoms with van der Waals surface area (Å²) in [6.07, 6.45) is 1.66. The molecule has 0 aromatic heterocycles. The van der Waals surface area contributed by atoms with Gasteiger partial charge < -0.3 is 9.47 Å². The van der Waals surface area contributed by atoms with Crippen LogP contribution in [0, 0.1) is 0 Å². The molecular formula is C14H20O3. The Bertz CT molecular complexity index is 331. The van der Waals surface area contributed by atoms with E-state index in [0.717, 1.165) is 12.8 Å². The molecule has 2 unspecified atom stereocenters. The molecule has 0 saturated heterocycles. The molecule has 0 aliphatic carbocycles. The van der Waals surface area contributed by atoms with Crippen LogP contribution in [0.4, 0.5) is 0 Å². The van der Waals surface area contributed by atoms with Crippen LogP contribution in [0.3, 0.4) is 0 Å². The number of carbonyl (C=O) groups excluding carboxylic acids is 1. The molecule has 2 atom stereocenters. The van der Waals surface area contributed by atoms with Crippen molar-refractivity contribution in [3.05, 3.63) is 35.9 Å². The Morgan fingerprint density at radius 2 is 1.94 bits per heavy atom. The van der Waals surface area contributed by atoms with E-state index in [2.05, 4.69) is 6.92 Å². The lowest BCUT2D eigenvalue weighted by atomic mass is 10.1. The topological polar surface area (TPSA) is 35.5 Å². The van der Waals surface area contributed by atoms with Crippen LogP contribution in [0.5, 0.6) is 0 Å². The van der Waals surface area contributed by atoms with Crippen LogP contribution in [0.25, 0.3) is 0 Å². The van der Waals surface area contributed by atoms with Crippen molar-refractivity contribution < 1.29 is 14.3 Å². The summed E-state index contributed by atoms with van der Waals surface area (Å²) in [5, 5.41) is 0. The Hall–Kier alpha value is -1.35. The first kappa shape index (κ1) is 13.7. The maximum Gasteiger partial charge on any atom is 0.338 e. The molecule has 0 bridgehead atoms. The maximum absolute atomic E-state index is 11.8. The van der Waals surface area contributed by atoms with Crippen LogP contribution >= 0.6 is 0 Å². The van der Waals surface area contributed by atoms with E-state index < -0.39 is 0 Å². The number of methoxy groups -OCH3 is 1. The van der Waals surface area contributed by atoms with Gasteiger partial charge in [0.2, 0.25) is 0 Å². The lowest BCUT2D eigenvalue weighted by Crippen LogP contribution is -2.22. The molecule has 0 N–H and O–H groups in total. The lowest BCUT2D eigenvalue weighted by molar-refractivity contribution is 0.0105. The third kappa shape index (κ3) is 4.57. The highest BCUT2D eigenvalue weighted by molar-refractivity contribution is 5.89. The van der Waals surface area contributed by atoms with E-state index in [1.165, 1.54) is 0 Å². The molecular weight excluding hydrogens is 216 g/mol. The number of benzene rings is 1. The van der Waals surface area contributed by atoms with Crippen LogP contribution in [0.1, 0.15) is 37.0 Å². The largest absolute Gasteiger partial charge is 0.459 e. The van der Waals surface area contributed by atoms with Gasteiger partial charge in [-0.15, -0.1) is 0 Å². The molecule has 0 fully saturated rings. The zero-order valence-electron chi connectivity index (χ0n) is 10.7. The molecule has 1 rings (SSSR count). The van der Waals surface area contributed by atoms with Gasteiger partial charge in [-0.25, -0.2) is 4.79 Å². The number of hydrogen-bond donors (Lipinski definition) is 0. The van der Waals surface area contributed by atoms with E-state index in [-0.39, 0.29) is 18.2 Å². The SMILES string of the molecule is CCC(CC(C)OC(=O)c1ccccc1)OC. The van der Waals surface area contributed by atoms with E-state index in [0.29, 0.717) is 5.56 Å². The Morgan fingerprint density at radius 1 is 1.29 bits per heavy atom. The van der Waals surface area contributed by atoms with Crippen molar-refractivity contribution in [3.8, 4) is 0 Å². The third-order valence-electron chi connectivity index (χ3n) is 2.70. The molecule has 1 aromatic carbocycles. The van der Waals surface area contributed by atoms with Gasteiger partial charge in [-0.05, 0) is 25.5 Å². The molecule has 0 heterocycles. The molecule has 17 heavy (non-hydrogen) atoms. The van der Waals surface area contributed by atoms with Gasteiger partial charge in [-0.3, -0.25) is 0 Å². The van der Waals surface area contributed by atoms with Gasteiger partial charge >= 0.3 is 5.97 Å². The Labute approximate surface area is 103 Å². The summed E-state index contributed by atoms with van der Waals surface area (Å²) in [6.45, 7) is 3.95. The Morgan fingerprint density at radius 3 is 2.47 bits per heavy atom. The van der Waals surface area contributed by atoms with Crippen LogP contribution in [-0.4, -0.2) is 25.3 Å². The molecule has 1 aromatic rings. The fraction of sp³-hybridized carbons (Fsp3) is 0.500. The van der Waals surface area contributed by atoms with Crippen molar-refractivity contribution in [1.29, 1.82) is 0 Å². The van der Waals surface area contributed by atoms with E-state index in [9.17, 15) is 4.79 Å². The standard InChI is InChI=1S/C14H20O3/c1-4-13(16-3)10-11(2)17-14(15)12-8-6-5-7-9-12/h5-9,11,13H,4,10H2,1-3H3. The smallest absolute Gasteiger partial charge is 0.338 e. The van der Waals surface area contributed by atoms with Crippen molar-refractivity contribution in [1.82, 2.24) is 0 Å². The molecule has 94 valence electrons. The second-order valence-electron chi connectivity index (χ2n) is 4.08.